The molecule has 0 saturated carbocycles. The number of carbonyl (C=O) groups is 3. The van der Waals surface area contributed by atoms with Gasteiger partial charge < -0.3 is 15.1 Å². The first-order valence-corrected chi connectivity index (χ1v) is 10.5. The van der Waals surface area contributed by atoms with E-state index in [1.807, 2.05) is 28.6 Å². The predicted molar refractivity (Wildman–Crippen MR) is 108 cm³/mol. The molecule has 2 atom stereocenters. The van der Waals surface area contributed by atoms with Crippen LogP contribution in [0.15, 0.2) is 36.1 Å². The predicted octanol–water partition coefficient (Wildman–Crippen LogP) is 3.18. The van der Waals surface area contributed by atoms with Crippen molar-refractivity contribution in [3.05, 3.63) is 41.1 Å². The van der Waals surface area contributed by atoms with Crippen LogP contribution in [-0.4, -0.2) is 73.9 Å². The molecule has 2 fully saturated rings. The number of thiazole rings is 1. The summed E-state index contributed by atoms with van der Waals surface area (Å²) in [6.45, 7) is 1.88. The van der Waals surface area contributed by atoms with Gasteiger partial charge in [0.05, 0.1) is 24.5 Å². The average molecular weight is 528 g/mol. The second kappa shape index (κ2) is 11.4. The summed E-state index contributed by atoms with van der Waals surface area (Å²) in [5.74, 6) is -5.30. The summed E-state index contributed by atoms with van der Waals surface area (Å²) >= 11 is 1.68. The molecule has 16 heteroatoms. The molecule has 0 unspecified atom stereocenters. The number of carbonyl (C=O) groups excluding carboxylic acids is 1. The summed E-state index contributed by atoms with van der Waals surface area (Å²) in [4.78, 5) is 43.0. The molecule has 2 aromatic heterocycles. The highest BCUT2D eigenvalue weighted by Crippen LogP contribution is 2.36. The van der Waals surface area contributed by atoms with Gasteiger partial charge in [-0.05, 0) is 18.6 Å². The molecule has 0 bridgehead atoms. The van der Waals surface area contributed by atoms with E-state index in [0.29, 0.717) is 12.5 Å². The van der Waals surface area contributed by atoms with Crippen LogP contribution in [-0.2, 0) is 20.9 Å². The lowest BCUT2D eigenvalue weighted by atomic mass is 10.1. The number of alkyl halides is 6. The molecule has 0 radical (unpaired) electrons. The highest BCUT2D eigenvalue weighted by molar-refractivity contribution is 7.09. The molecule has 2 N–H and O–H groups in total. The Bertz CT molecular complexity index is 979. The van der Waals surface area contributed by atoms with Crippen molar-refractivity contribution in [2.75, 3.05) is 11.4 Å². The fourth-order valence-corrected chi connectivity index (χ4v) is 4.10. The van der Waals surface area contributed by atoms with E-state index in [1.54, 1.807) is 23.7 Å². The number of aliphatic carboxylic acids is 2. The third kappa shape index (κ3) is 7.88. The van der Waals surface area contributed by atoms with Gasteiger partial charge in [0, 0.05) is 36.8 Å². The third-order valence-corrected chi connectivity index (χ3v) is 5.60. The van der Waals surface area contributed by atoms with Crippen LogP contribution < -0.4 is 4.90 Å². The first-order valence-electron chi connectivity index (χ1n) is 9.66. The lowest BCUT2D eigenvalue weighted by molar-refractivity contribution is -0.193. The van der Waals surface area contributed by atoms with Crippen LogP contribution in [0, 0.1) is 0 Å². The molecule has 192 valence electrons. The maximum atomic E-state index is 12.4. The Morgan fingerprint density at radius 1 is 1.06 bits per heavy atom. The highest BCUT2D eigenvalue weighted by atomic mass is 32.1. The maximum absolute atomic E-state index is 12.4. The molecule has 9 nitrogen and oxygen atoms in total. The van der Waals surface area contributed by atoms with Crippen LogP contribution >= 0.6 is 11.3 Å². The van der Waals surface area contributed by atoms with Crippen LogP contribution in [0.2, 0.25) is 0 Å². The second-order valence-corrected chi connectivity index (χ2v) is 8.08. The van der Waals surface area contributed by atoms with Gasteiger partial charge in [-0.15, -0.1) is 11.3 Å². The van der Waals surface area contributed by atoms with Crippen molar-refractivity contribution in [2.24, 2.45) is 0 Å². The molecule has 1 amide bonds. The summed E-state index contributed by atoms with van der Waals surface area (Å²) in [5.41, 5.74) is 0.922. The smallest absolute Gasteiger partial charge is 0.475 e. The number of halogens is 6. The zero-order chi connectivity index (χ0) is 26.4. The molecule has 4 heterocycles. The standard InChI is InChI=1S/C15H16N4OS.2C2HF3O2/c20-15-8-13-12(19(15)11-2-1-4-16-9-11)3-6-18(13)10-14-17-5-7-21-14;2*3-2(4,5)1(6)7/h1-2,4-5,7,9,12-13H,3,6,8,10H2;2*(H,6,7)/t12-,13+;;/m1../s1. The monoisotopic (exact) mass is 528 g/mol. The number of anilines is 1. The van der Waals surface area contributed by atoms with E-state index in [4.69, 9.17) is 19.8 Å². The topological polar surface area (TPSA) is 124 Å². The molecule has 35 heavy (non-hydrogen) atoms. The number of fused-ring (bicyclic) bond motifs is 1. The van der Waals surface area contributed by atoms with Gasteiger partial charge >= 0.3 is 24.3 Å². The van der Waals surface area contributed by atoms with E-state index < -0.39 is 24.3 Å². The molecule has 4 rings (SSSR count). The Hall–Kier alpha value is -3.27. The van der Waals surface area contributed by atoms with Crippen LogP contribution in [0.4, 0.5) is 32.0 Å². The fraction of sp³-hybridized carbons (Fsp3) is 0.421. The zero-order valence-electron chi connectivity index (χ0n) is 17.5. The van der Waals surface area contributed by atoms with Gasteiger partial charge in [-0.1, -0.05) is 0 Å². The number of carboxylic acid groups (broad SMARTS) is 2. The average Bonchev–Trinajstić information content (AvgIpc) is 3.47. The fourth-order valence-electron chi connectivity index (χ4n) is 3.46. The molecule has 2 aliphatic rings. The molecule has 2 aromatic rings. The minimum Gasteiger partial charge on any atom is -0.475 e. The highest BCUT2D eigenvalue weighted by Gasteiger charge is 2.47. The van der Waals surface area contributed by atoms with Gasteiger partial charge in [0.2, 0.25) is 5.91 Å². The van der Waals surface area contributed by atoms with Crippen molar-refractivity contribution < 1.29 is 50.9 Å². The number of nitrogens with zero attached hydrogens (tertiary/aromatic N) is 4. The van der Waals surface area contributed by atoms with Crippen LogP contribution in [0.25, 0.3) is 0 Å². The lowest BCUT2D eigenvalue weighted by Gasteiger charge is -2.24. The molecule has 0 spiro atoms. The lowest BCUT2D eigenvalue weighted by Crippen LogP contribution is -2.37. The third-order valence-electron chi connectivity index (χ3n) is 4.84. The van der Waals surface area contributed by atoms with Gasteiger partial charge in [0.25, 0.3) is 0 Å². The van der Waals surface area contributed by atoms with Gasteiger partial charge in [-0.25, -0.2) is 14.6 Å². The molecule has 2 saturated heterocycles. The quantitative estimate of drug-likeness (QED) is 0.583. The first kappa shape index (κ1) is 28.0. The molecule has 2 aliphatic heterocycles. The van der Waals surface area contributed by atoms with Crippen molar-refractivity contribution in [3.63, 3.8) is 0 Å². The second-order valence-electron chi connectivity index (χ2n) is 7.10. The number of rotatable bonds is 3. The maximum Gasteiger partial charge on any atom is 0.490 e. The Kier molecular flexibility index (Phi) is 9.14. The number of carboxylic acids is 2. The largest absolute Gasteiger partial charge is 0.490 e. The van der Waals surface area contributed by atoms with Gasteiger partial charge in [-0.3, -0.25) is 14.7 Å². The number of likely N-dealkylation sites (tertiary alicyclic amines) is 1. The molecule has 0 aliphatic carbocycles. The number of hydrogen-bond donors (Lipinski definition) is 2. The molecule has 0 aromatic carbocycles. The van der Waals surface area contributed by atoms with E-state index in [2.05, 4.69) is 14.9 Å². The van der Waals surface area contributed by atoms with Crippen molar-refractivity contribution in [1.82, 2.24) is 14.9 Å². The Labute approximate surface area is 197 Å². The van der Waals surface area contributed by atoms with Crippen molar-refractivity contribution in [2.45, 2.75) is 43.8 Å². The summed E-state index contributed by atoms with van der Waals surface area (Å²) in [7, 11) is 0. The van der Waals surface area contributed by atoms with E-state index >= 15 is 0 Å². The number of amides is 1. The van der Waals surface area contributed by atoms with Crippen LogP contribution in [0.5, 0.6) is 0 Å². The molecular weight excluding hydrogens is 510 g/mol. The van der Waals surface area contributed by atoms with Gasteiger partial charge in [0.1, 0.15) is 5.01 Å². The van der Waals surface area contributed by atoms with E-state index in [0.717, 1.165) is 30.2 Å². The summed E-state index contributed by atoms with van der Waals surface area (Å²) in [6, 6.07) is 4.44. The Morgan fingerprint density at radius 3 is 2.11 bits per heavy atom. The van der Waals surface area contributed by atoms with Crippen molar-refractivity contribution in [1.29, 1.82) is 0 Å². The van der Waals surface area contributed by atoms with E-state index in [9.17, 15) is 31.1 Å². The van der Waals surface area contributed by atoms with Crippen molar-refractivity contribution in [3.8, 4) is 0 Å². The van der Waals surface area contributed by atoms with Crippen molar-refractivity contribution >= 4 is 34.9 Å². The number of aromatic nitrogens is 2. The van der Waals surface area contributed by atoms with Gasteiger partial charge in [-0.2, -0.15) is 26.3 Å². The SMILES string of the molecule is O=C(O)C(F)(F)F.O=C(O)C(F)(F)F.O=C1C[C@H]2[C@@H](CCN2Cc2nccs2)N1c1cccnc1. The number of hydrogen-bond acceptors (Lipinski definition) is 7. The Balaban J connectivity index is 0.000000257. The summed E-state index contributed by atoms with van der Waals surface area (Å²) in [5, 5.41) is 17.4. The number of pyridine rings is 1. The van der Waals surface area contributed by atoms with E-state index in [1.165, 1.54) is 0 Å². The van der Waals surface area contributed by atoms with Crippen LogP contribution in [0.3, 0.4) is 0 Å². The minimum absolute atomic E-state index is 0.210. The van der Waals surface area contributed by atoms with E-state index in [-0.39, 0.29) is 11.9 Å². The summed E-state index contributed by atoms with van der Waals surface area (Å²) < 4.78 is 63.5. The van der Waals surface area contributed by atoms with Gasteiger partial charge in [0.15, 0.2) is 0 Å². The zero-order valence-corrected chi connectivity index (χ0v) is 18.3. The first-order chi connectivity index (χ1) is 16.2. The molecular formula is C19H18F6N4O5S. The Morgan fingerprint density at radius 2 is 1.66 bits per heavy atom. The minimum atomic E-state index is -5.08. The van der Waals surface area contributed by atoms with Crippen LogP contribution in [0.1, 0.15) is 17.8 Å². The normalized spacial score (nSPS) is 19.8. The summed E-state index contributed by atoms with van der Waals surface area (Å²) in [6.07, 6.45) is -3.17.